The molecule has 0 saturated carbocycles. The molecule has 0 aliphatic carbocycles. The molecule has 1 aliphatic rings. The topological polar surface area (TPSA) is 174 Å². The lowest BCUT2D eigenvalue weighted by Crippen LogP contribution is -2.62. The van der Waals surface area contributed by atoms with Crippen molar-refractivity contribution in [3.05, 3.63) is 41.9 Å². The first-order valence-electron chi connectivity index (χ1n) is 7.90. The van der Waals surface area contributed by atoms with E-state index in [9.17, 15) is 24.2 Å². The number of halogens is 1. The van der Waals surface area contributed by atoms with Crippen LogP contribution in [0.1, 0.15) is 0 Å². The summed E-state index contributed by atoms with van der Waals surface area (Å²) in [5.74, 6) is -2.59. The second-order valence-electron chi connectivity index (χ2n) is 5.87. The van der Waals surface area contributed by atoms with Crippen molar-refractivity contribution in [2.45, 2.75) is 30.4 Å². The van der Waals surface area contributed by atoms with Gasteiger partial charge in [0, 0.05) is 5.69 Å². The standard InChI is InChI=1S/C16H20FN3O7/c17-7-2-1-3-8(4-7)19-16(26)20-12-9(18)5-11(15(24)25)27-14(12)13(23)10(22)6-21/h1-5,9-10,12-14,21-23H,6,18H2,(H,24,25)(H2,19,20,26)/t9-,10+,12+,13+,14+/m0/s1. The van der Waals surface area contributed by atoms with Gasteiger partial charge in [0.2, 0.25) is 5.76 Å². The molecule has 1 heterocycles. The van der Waals surface area contributed by atoms with Gasteiger partial charge in [0.15, 0.2) is 0 Å². The molecule has 8 N–H and O–H groups in total. The molecule has 1 aliphatic heterocycles. The van der Waals surface area contributed by atoms with E-state index < -0.39 is 60.6 Å². The van der Waals surface area contributed by atoms with Crippen molar-refractivity contribution < 1.29 is 39.1 Å². The summed E-state index contributed by atoms with van der Waals surface area (Å²) in [6, 6.07) is 2.01. The second-order valence-corrected chi connectivity index (χ2v) is 5.87. The largest absolute Gasteiger partial charge is 0.478 e. The van der Waals surface area contributed by atoms with Crippen LogP contribution < -0.4 is 16.4 Å². The number of urea groups is 1. The normalized spacial score (nSPS) is 24.2. The number of rotatable bonds is 6. The van der Waals surface area contributed by atoms with Crippen molar-refractivity contribution in [3.8, 4) is 0 Å². The Kier molecular flexibility index (Phi) is 6.69. The monoisotopic (exact) mass is 385 g/mol. The fourth-order valence-electron chi connectivity index (χ4n) is 2.55. The van der Waals surface area contributed by atoms with Gasteiger partial charge in [-0.3, -0.25) is 0 Å². The van der Waals surface area contributed by atoms with Crippen molar-refractivity contribution in [1.82, 2.24) is 5.32 Å². The number of ether oxygens (including phenoxy) is 1. The molecule has 2 rings (SSSR count). The minimum absolute atomic E-state index is 0.145. The van der Waals surface area contributed by atoms with Gasteiger partial charge in [-0.15, -0.1) is 0 Å². The van der Waals surface area contributed by atoms with Crippen molar-refractivity contribution in [2.75, 3.05) is 11.9 Å². The second kappa shape index (κ2) is 8.77. The number of hydrogen-bond acceptors (Lipinski definition) is 7. The van der Waals surface area contributed by atoms with Gasteiger partial charge in [0.25, 0.3) is 0 Å². The number of amides is 2. The number of hydrogen-bond donors (Lipinski definition) is 7. The first kappa shape index (κ1) is 20.6. The summed E-state index contributed by atoms with van der Waals surface area (Å²) in [7, 11) is 0. The lowest BCUT2D eigenvalue weighted by molar-refractivity contribution is -0.144. The summed E-state index contributed by atoms with van der Waals surface area (Å²) in [6.07, 6.45) is -3.84. The molecule has 5 atom stereocenters. The Bertz CT molecular complexity index is 730. The number of nitrogens with one attached hydrogen (secondary N) is 2. The Morgan fingerprint density at radius 3 is 2.63 bits per heavy atom. The van der Waals surface area contributed by atoms with Gasteiger partial charge in [-0.05, 0) is 24.3 Å². The van der Waals surface area contributed by atoms with Crippen molar-refractivity contribution in [1.29, 1.82) is 0 Å². The average molecular weight is 385 g/mol. The molecule has 1 aromatic rings. The third-order valence-electron chi connectivity index (χ3n) is 3.88. The highest BCUT2D eigenvalue weighted by Crippen LogP contribution is 2.22. The molecule has 0 spiro atoms. The van der Waals surface area contributed by atoms with Gasteiger partial charge in [-0.1, -0.05) is 6.07 Å². The highest BCUT2D eigenvalue weighted by molar-refractivity contribution is 5.89. The molecular formula is C16H20FN3O7. The maximum atomic E-state index is 13.2. The Labute approximate surface area is 153 Å². The highest BCUT2D eigenvalue weighted by Gasteiger charge is 2.42. The molecule has 2 amide bonds. The Morgan fingerprint density at radius 1 is 1.33 bits per heavy atom. The molecule has 148 valence electrons. The molecule has 10 nitrogen and oxygen atoms in total. The number of aliphatic carboxylic acids is 1. The Morgan fingerprint density at radius 2 is 2.04 bits per heavy atom. The number of carbonyl (C=O) groups excluding carboxylic acids is 1. The van der Waals surface area contributed by atoms with E-state index in [1.54, 1.807) is 0 Å². The van der Waals surface area contributed by atoms with Crippen LogP contribution in [-0.2, 0) is 9.53 Å². The van der Waals surface area contributed by atoms with Crippen LogP contribution in [-0.4, -0.2) is 69.4 Å². The van der Waals surface area contributed by atoms with Gasteiger partial charge in [0.1, 0.15) is 24.1 Å². The van der Waals surface area contributed by atoms with E-state index in [0.717, 1.165) is 12.1 Å². The smallest absolute Gasteiger partial charge is 0.370 e. The van der Waals surface area contributed by atoms with Crippen LogP contribution >= 0.6 is 0 Å². The van der Waals surface area contributed by atoms with Gasteiger partial charge in [0.05, 0.1) is 18.7 Å². The fraction of sp³-hybridized carbons (Fsp3) is 0.375. The number of carboxylic acids is 1. The quantitative estimate of drug-likeness (QED) is 0.317. The van der Waals surface area contributed by atoms with E-state index >= 15 is 0 Å². The van der Waals surface area contributed by atoms with Gasteiger partial charge >= 0.3 is 12.0 Å². The Hall–Kier alpha value is -2.73. The number of nitrogens with two attached hydrogens (primary N) is 1. The zero-order valence-corrected chi connectivity index (χ0v) is 13.9. The minimum Gasteiger partial charge on any atom is -0.478 e. The van der Waals surface area contributed by atoms with Crippen LogP contribution in [0.4, 0.5) is 14.9 Å². The predicted molar refractivity (Wildman–Crippen MR) is 90.0 cm³/mol. The molecule has 11 heteroatoms. The van der Waals surface area contributed by atoms with Crippen LogP contribution in [0.25, 0.3) is 0 Å². The van der Waals surface area contributed by atoms with E-state index in [4.69, 9.17) is 20.7 Å². The van der Waals surface area contributed by atoms with Crippen LogP contribution in [0, 0.1) is 5.82 Å². The van der Waals surface area contributed by atoms with Crippen molar-refractivity contribution in [2.24, 2.45) is 5.73 Å². The lowest BCUT2D eigenvalue weighted by Gasteiger charge is -2.38. The summed E-state index contributed by atoms with van der Waals surface area (Å²) >= 11 is 0. The van der Waals surface area contributed by atoms with Crippen molar-refractivity contribution in [3.63, 3.8) is 0 Å². The molecule has 1 aromatic carbocycles. The molecule has 0 saturated heterocycles. The van der Waals surface area contributed by atoms with E-state index in [2.05, 4.69) is 10.6 Å². The molecular weight excluding hydrogens is 365 g/mol. The number of aliphatic hydroxyl groups excluding tert-OH is 3. The number of carbonyl (C=O) groups is 2. The maximum Gasteiger partial charge on any atom is 0.370 e. The predicted octanol–water partition coefficient (Wildman–Crippen LogP) is -1.28. The number of anilines is 1. The lowest BCUT2D eigenvalue weighted by atomic mass is 9.93. The molecule has 0 bridgehead atoms. The van der Waals surface area contributed by atoms with Crippen LogP contribution in [0.15, 0.2) is 36.1 Å². The highest BCUT2D eigenvalue weighted by atomic mass is 19.1. The van der Waals surface area contributed by atoms with E-state index in [0.29, 0.717) is 0 Å². The first-order valence-corrected chi connectivity index (χ1v) is 7.90. The average Bonchev–Trinajstić information content (AvgIpc) is 2.61. The molecule has 0 unspecified atom stereocenters. The third-order valence-corrected chi connectivity index (χ3v) is 3.88. The molecule has 0 aromatic heterocycles. The summed E-state index contributed by atoms with van der Waals surface area (Å²) in [4.78, 5) is 23.3. The molecule has 0 fully saturated rings. The van der Waals surface area contributed by atoms with E-state index in [1.807, 2.05) is 0 Å². The van der Waals surface area contributed by atoms with Gasteiger partial charge in [-0.25, -0.2) is 14.0 Å². The Balaban J connectivity index is 2.19. The van der Waals surface area contributed by atoms with E-state index in [1.165, 1.54) is 18.2 Å². The zero-order valence-electron chi connectivity index (χ0n) is 13.9. The van der Waals surface area contributed by atoms with Gasteiger partial charge < -0.3 is 41.5 Å². The fourth-order valence-corrected chi connectivity index (χ4v) is 2.55. The number of aliphatic hydroxyl groups is 3. The minimum atomic E-state index is -1.75. The number of carboxylic acid groups (broad SMARTS) is 1. The zero-order chi connectivity index (χ0) is 20.1. The van der Waals surface area contributed by atoms with E-state index in [-0.39, 0.29) is 5.69 Å². The third kappa shape index (κ3) is 5.14. The maximum absolute atomic E-state index is 13.2. The molecule has 0 radical (unpaired) electrons. The summed E-state index contributed by atoms with van der Waals surface area (Å²) in [6.45, 7) is -0.829. The van der Waals surface area contributed by atoms with Crippen molar-refractivity contribution >= 4 is 17.7 Å². The summed E-state index contributed by atoms with van der Waals surface area (Å²) < 4.78 is 18.3. The SMILES string of the molecule is N[C@H]1C=C(C(=O)O)O[C@@H]([C@H](O)[C@H](O)CO)[C@@H]1NC(=O)Nc1cccc(F)c1. The molecule has 27 heavy (non-hydrogen) atoms. The summed E-state index contributed by atoms with van der Waals surface area (Å²) in [5, 5.41) is 42.6. The number of benzene rings is 1. The first-order chi connectivity index (χ1) is 12.7. The van der Waals surface area contributed by atoms with Crippen LogP contribution in [0.3, 0.4) is 0 Å². The summed E-state index contributed by atoms with van der Waals surface area (Å²) in [5.41, 5.74) is 6.01. The van der Waals surface area contributed by atoms with Gasteiger partial charge in [-0.2, -0.15) is 0 Å². The van der Waals surface area contributed by atoms with Crippen LogP contribution in [0.5, 0.6) is 0 Å². The van der Waals surface area contributed by atoms with Crippen LogP contribution in [0.2, 0.25) is 0 Å².